The van der Waals surface area contributed by atoms with Crippen molar-refractivity contribution in [1.29, 1.82) is 0 Å². The number of ether oxygens (including phenoxy) is 1. The first-order valence-corrected chi connectivity index (χ1v) is 7.15. The molecule has 0 aromatic heterocycles. The molecule has 20 heavy (non-hydrogen) atoms. The van der Waals surface area contributed by atoms with E-state index in [4.69, 9.17) is 4.74 Å². The molecule has 4 amide bonds. The lowest BCUT2D eigenvalue weighted by Gasteiger charge is -2.38. The van der Waals surface area contributed by atoms with Gasteiger partial charge in [0.15, 0.2) is 0 Å². The average molecular weight is 281 g/mol. The molecule has 7 nitrogen and oxygen atoms in total. The SMILES string of the molecule is O=C1NC(=O)C2(CCN(C(=O)C3CCCCO3)CC2)N1. The van der Waals surface area contributed by atoms with Gasteiger partial charge < -0.3 is 15.0 Å². The summed E-state index contributed by atoms with van der Waals surface area (Å²) in [5.41, 5.74) is -0.818. The molecular formula is C13H19N3O4. The highest BCUT2D eigenvalue weighted by Gasteiger charge is 2.48. The predicted octanol–water partition coefficient (Wildman–Crippen LogP) is -0.244. The first kappa shape index (κ1) is 13.4. The predicted molar refractivity (Wildman–Crippen MR) is 68.8 cm³/mol. The van der Waals surface area contributed by atoms with Crippen LogP contribution < -0.4 is 10.6 Å². The van der Waals surface area contributed by atoms with Crippen LogP contribution >= 0.6 is 0 Å². The fourth-order valence-electron chi connectivity index (χ4n) is 3.13. The van der Waals surface area contributed by atoms with E-state index < -0.39 is 11.6 Å². The van der Waals surface area contributed by atoms with Crippen LogP contribution in [0.15, 0.2) is 0 Å². The van der Waals surface area contributed by atoms with Gasteiger partial charge in [0, 0.05) is 19.7 Å². The fourth-order valence-corrected chi connectivity index (χ4v) is 3.13. The van der Waals surface area contributed by atoms with E-state index in [1.807, 2.05) is 0 Å². The lowest BCUT2D eigenvalue weighted by Crippen LogP contribution is -2.57. The number of carbonyl (C=O) groups is 3. The zero-order valence-corrected chi connectivity index (χ0v) is 11.3. The quantitative estimate of drug-likeness (QED) is 0.649. The summed E-state index contributed by atoms with van der Waals surface area (Å²) in [5, 5.41) is 4.96. The Hall–Kier alpha value is -1.63. The van der Waals surface area contributed by atoms with E-state index in [1.165, 1.54) is 0 Å². The Morgan fingerprint density at radius 1 is 1.25 bits per heavy atom. The monoisotopic (exact) mass is 281 g/mol. The maximum Gasteiger partial charge on any atom is 0.322 e. The minimum absolute atomic E-state index is 0.0179. The molecule has 3 saturated heterocycles. The molecule has 3 aliphatic rings. The Morgan fingerprint density at radius 3 is 2.55 bits per heavy atom. The van der Waals surface area contributed by atoms with Crippen LogP contribution in [0.3, 0.4) is 0 Å². The maximum absolute atomic E-state index is 12.3. The second-order valence-corrected chi connectivity index (χ2v) is 5.67. The first-order chi connectivity index (χ1) is 9.61. The van der Waals surface area contributed by atoms with Crippen molar-refractivity contribution in [3.8, 4) is 0 Å². The van der Waals surface area contributed by atoms with Gasteiger partial charge in [0.2, 0.25) is 0 Å². The van der Waals surface area contributed by atoms with Gasteiger partial charge in [-0.05, 0) is 32.1 Å². The largest absolute Gasteiger partial charge is 0.368 e. The van der Waals surface area contributed by atoms with Crippen LogP contribution in [-0.4, -0.2) is 54.1 Å². The molecule has 3 aliphatic heterocycles. The van der Waals surface area contributed by atoms with Crippen molar-refractivity contribution in [3.63, 3.8) is 0 Å². The first-order valence-electron chi connectivity index (χ1n) is 7.15. The number of hydrogen-bond donors (Lipinski definition) is 2. The number of rotatable bonds is 1. The van der Waals surface area contributed by atoms with Gasteiger partial charge in [-0.25, -0.2) is 4.79 Å². The number of carbonyl (C=O) groups excluding carboxylic acids is 3. The summed E-state index contributed by atoms with van der Waals surface area (Å²) in [5.74, 6) is -0.257. The Morgan fingerprint density at radius 2 is 2.00 bits per heavy atom. The normalized spacial score (nSPS) is 29.2. The molecule has 0 bridgehead atoms. The minimum Gasteiger partial charge on any atom is -0.368 e. The Bertz CT molecular complexity index is 437. The number of nitrogens with zero attached hydrogens (tertiary/aromatic N) is 1. The highest BCUT2D eigenvalue weighted by atomic mass is 16.5. The summed E-state index contributed by atoms with van der Waals surface area (Å²) >= 11 is 0. The summed E-state index contributed by atoms with van der Waals surface area (Å²) in [6.07, 6.45) is 3.40. The van der Waals surface area contributed by atoms with Gasteiger partial charge in [-0.2, -0.15) is 0 Å². The highest BCUT2D eigenvalue weighted by Crippen LogP contribution is 2.26. The molecule has 0 aromatic carbocycles. The van der Waals surface area contributed by atoms with Gasteiger partial charge in [0.05, 0.1) is 0 Å². The van der Waals surface area contributed by atoms with Crippen molar-refractivity contribution in [1.82, 2.24) is 15.5 Å². The Kier molecular flexibility index (Phi) is 3.37. The lowest BCUT2D eigenvalue weighted by atomic mass is 9.87. The van der Waals surface area contributed by atoms with Gasteiger partial charge >= 0.3 is 6.03 Å². The van der Waals surface area contributed by atoms with Crippen LogP contribution in [0.1, 0.15) is 32.1 Å². The summed E-state index contributed by atoms with van der Waals surface area (Å²) < 4.78 is 5.51. The topological polar surface area (TPSA) is 87.7 Å². The molecule has 0 radical (unpaired) electrons. The second-order valence-electron chi connectivity index (χ2n) is 5.67. The van der Waals surface area contributed by atoms with Crippen molar-refractivity contribution < 1.29 is 19.1 Å². The third kappa shape index (κ3) is 2.26. The fraction of sp³-hybridized carbons (Fsp3) is 0.769. The number of likely N-dealkylation sites (tertiary alicyclic amines) is 1. The highest BCUT2D eigenvalue weighted by molar-refractivity contribution is 6.07. The van der Waals surface area contributed by atoms with E-state index in [1.54, 1.807) is 4.90 Å². The second kappa shape index (κ2) is 5.05. The van der Waals surface area contributed by atoms with Crippen LogP contribution in [0.25, 0.3) is 0 Å². The van der Waals surface area contributed by atoms with Gasteiger partial charge in [-0.15, -0.1) is 0 Å². The molecule has 0 saturated carbocycles. The van der Waals surface area contributed by atoms with Gasteiger partial charge in [-0.3, -0.25) is 14.9 Å². The lowest BCUT2D eigenvalue weighted by molar-refractivity contribution is -0.149. The number of nitrogens with one attached hydrogen (secondary N) is 2. The van der Waals surface area contributed by atoms with Crippen molar-refractivity contribution in [2.24, 2.45) is 0 Å². The zero-order chi connectivity index (χ0) is 14.2. The molecule has 7 heteroatoms. The number of imide groups is 1. The zero-order valence-electron chi connectivity index (χ0n) is 11.3. The molecular weight excluding hydrogens is 262 g/mol. The molecule has 1 spiro atoms. The Labute approximate surface area is 117 Å². The standard InChI is InChI=1S/C13H19N3O4/c17-10(9-3-1-2-8-20-9)16-6-4-13(5-7-16)11(18)14-12(19)15-13/h9H,1-8H2,(H2,14,15,18,19). The van der Waals surface area contributed by atoms with Crippen molar-refractivity contribution >= 4 is 17.8 Å². The summed E-state index contributed by atoms with van der Waals surface area (Å²) in [4.78, 5) is 37.1. The van der Waals surface area contributed by atoms with Crippen molar-refractivity contribution in [3.05, 3.63) is 0 Å². The molecule has 2 N–H and O–H groups in total. The van der Waals surface area contributed by atoms with Crippen molar-refractivity contribution in [2.45, 2.75) is 43.7 Å². The van der Waals surface area contributed by atoms with Gasteiger partial charge in [0.1, 0.15) is 11.6 Å². The van der Waals surface area contributed by atoms with Crippen LogP contribution in [0.5, 0.6) is 0 Å². The molecule has 3 rings (SSSR count). The maximum atomic E-state index is 12.3. The summed E-state index contributed by atoms with van der Waals surface area (Å²) in [6, 6.07) is -0.439. The van der Waals surface area contributed by atoms with Gasteiger partial charge in [0.25, 0.3) is 11.8 Å². The Balaban J connectivity index is 1.59. The van der Waals surface area contributed by atoms with E-state index in [0.29, 0.717) is 32.5 Å². The van der Waals surface area contributed by atoms with E-state index >= 15 is 0 Å². The number of hydrogen-bond acceptors (Lipinski definition) is 4. The smallest absolute Gasteiger partial charge is 0.322 e. The number of amides is 4. The number of piperidine rings is 1. The van der Waals surface area contributed by atoms with Crippen molar-refractivity contribution in [2.75, 3.05) is 19.7 Å². The third-order valence-electron chi connectivity index (χ3n) is 4.40. The van der Waals surface area contributed by atoms with E-state index in [9.17, 15) is 14.4 Å². The van der Waals surface area contributed by atoms with E-state index in [0.717, 1.165) is 19.3 Å². The van der Waals surface area contributed by atoms with Crippen LogP contribution in [0, 0.1) is 0 Å². The summed E-state index contributed by atoms with van der Waals surface area (Å²) in [7, 11) is 0. The van der Waals surface area contributed by atoms with Crippen LogP contribution in [-0.2, 0) is 14.3 Å². The van der Waals surface area contributed by atoms with Crippen LogP contribution in [0.2, 0.25) is 0 Å². The van der Waals surface area contributed by atoms with Crippen LogP contribution in [0.4, 0.5) is 4.79 Å². The molecule has 1 atom stereocenters. The molecule has 3 fully saturated rings. The number of urea groups is 1. The van der Waals surface area contributed by atoms with Gasteiger partial charge in [-0.1, -0.05) is 0 Å². The van der Waals surface area contributed by atoms with E-state index in [-0.39, 0.29) is 17.9 Å². The molecule has 0 aromatic rings. The average Bonchev–Trinajstić information content (AvgIpc) is 2.74. The minimum atomic E-state index is -0.818. The van der Waals surface area contributed by atoms with E-state index in [2.05, 4.69) is 10.6 Å². The third-order valence-corrected chi connectivity index (χ3v) is 4.40. The molecule has 3 heterocycles. The molecule has 0 aliphatic carbocycles. The summed E-state index contributed by atoms with van der Waals surface area (Å²) in [6.45, 7) is 1.60. The molecule has 1 unspecified atom stereocenters. The molecule has 110 valence electrons.